The number of hydrogen-bond acceptors (Lipinski definition) is 5. The summed E-state index contributed by atoms with van der Waals surface area (Å²) in [7, 11) is 0. The number of aromatic nitrogens is 3. The third-order valence-electron chi connectivity index (χ3n) is 3.78. The lowest BCUT2D eigenvalue weighted by atomic mass is 10.2. The zero-order chi connectivity index (χ0) is 19.8. The maximum Gasteiger partial charge on any atom is 0.331 e. The van der Waals surface area contributed by atoms with Crippen LogP contribution in [-0.4, -0.2) is 33.5 Å². The van der Waals surface area contributed by atoms with Gasteiger partial charge >= 0.3 is 5.97 Å². The second-order valence-electron chi connectivity index (χ2n) is 6.19. The van der Waals surface area contributed by atoms with Crippen molar-refractivity contribution in [3.63, 3.8) is 0 Å². The molecular weight excluding hydrogens is 356 g/mol. The standard InChI is InChI=1S/C21H20N4O3/c1-16-6-5-9-18(12-16)22-20(26)15-28-21(27)11-10-19-14-25(24-23-19)13-17-7-3-2-4-8-17/h2-12,14H,13,15H2,1H3,(H,22,26)/b11-10+. The van der Waals surface area contributed by atoms with E-state index in [0.29, 0.717) is 17.9 Å². The van der Waals surface area contributed by atoms with Gasteiger partial charge in [0.25, 0.3) is 5.91 Å². The first-order valence-electron chi connectivity index (χ1n) is 8.74. The van der Waals surface area contributed by atoms with E-state index < -0.39 is 11.9 Å². The Morgan fingerprint density at radius 3 is 2.75 bits per heavy atom. The zero-order valence-electron chi connectivity index (χ0n) is 15.4. The first kappa shape index (κ1) is 19.0. The lowest BCUT2D eigenvalue weighted by Gasteiger charge is -2.05. The monoisotopic (exact) mass is 376 g/mol. The molecule has 1 N–H and O–H groups in total. The number of carbonyl (C=O) groups is 2. The normalized spacial score (nSPS) is 10.8. The molecule has 0 radical (unpaired) electrons. The maximum atomic E-state index is 11.8. The molecule has 0 atom stereocenters. The van der Waals surface area contributed by atoms with Crippen molar-refractivity contribution < 1.29 is 14.3 Å². The third kappa shape index (κ3) is 5.91. The molecule has 1 heterocycles. The molecule has 3 aromatic rings. The van der Waals surface area contributed by atoms with Gasteiger partial charge in [0.2, 0.25) is 0 Å². The van der Waals surface area contributed by atoms with Crippen molar-refractivity contribution in [2.45, 2.75) is 13.5 Å². The number of nitrogens with one attached hydrogen (secondary N) is 1. The third-order valence-corrected chi connectivity index (χ3v) is 3.78. The molecular formula is C21H20N4O3. The Morgan fingerprint density at radius 2 is 1.96 bits per heavy atom. The highest BCUT2D eigenvalue weighted by molar-refractivity contribution is 5.94. The van der Waals surface area contributed by atoms with Gasteiger partial charge in [-0.2, -0.15) is 0 Å². The number of ether oxygens (including phenoxy) is 1. The average Bonchev–Trinajstić information content (AvgIpc) is 3.13. The molecule has 1 aromatic heterocycles. The SMILES string of the molecule is Cc1cccc(NC(=O)COC(=O)/C=C/c2cn(Cc3ccccc3)nn2)c1. The number of carbonyl (C=O) groups excluding carboxylic acids is 2. The highest BCUT2D eigenvalue weighted by atomic mass is 16.5. The van der Waals surface area contributed by atoms with Crippen molar-refractivity contribution in [3.8, 4) is 0 Å². The summed E-state index contributed by atoms with van der Waals surface area (Å²) in [6, 6.07) is 17.2. The number of aryl methyl sites for hydroxylation is 1. The van der Waals surface area contributed by atoms with Crippen molar-refractivity contribution in [1.82, 2.24) is 15.0 Å². The Balaban J connectivity index is 1.45. The van der Waals surface area contributed by atoms with Crippen LogP contribution in [0.15, 0.2) is 66.9 Å². The van der Waals surface area contributed by atoms with Gasteiger partial charge in [0.15, 0.2) is 6.61 Å². The highest BCUT2D eigenvalue weighted by Gasteiger charge is 2.06. The molecule has 0 unspecified atom stereocenters. The van der Waals surface area contributed by atoms with Gasteiger partial charge in [-0.05, 0) is 36.3 Å². The van der Waals surface area contributed by atoms with E-state index in [1.54, 1.807) is 16.9 Å². The summed E-state index contributed by atoms with van der Waals surface area (Å²) in [4.78, 5) is 23.6. The van der Waals surface area contributed by atoms with Crippen LogP contribution in [-0.2, 0) is 20.9 Å². The molecule has 0 bridgehead atoms. The molecule has 7 heteroatoms. The summed E-state index contributed by atoms with van der Waals surface area (Å²) in [5.74, 6) is -1.03. The van der Waals surface area contributed by atoms with Crippen molar-refractivity contribution >= 4 is 23.6 Å². The number of rotatable bonds is 7. The quantitative estimate of drug-likeness (QED) is 0.506. The summed E-state index contributed by atoms with van der Waals surface area (Å²) >= 11 is 0. The summed E-state index contributed by atoms with van der Waals surface area (Å²) in [6.45, 7) is 2.15. The summed E-state index contributed by atoms with van der Waals surface area (Å²) < 4.78 is 6.61. The number of anilines is 1. The molecule has 2 aromatic carbocycles. The van der Waals surface area contributed by atoms with E-state index in [4.69, 9.17) is 4.74 Å². The van der Waals surface area contributed by atoms with Gasteiger partial charge in [-0.25, -0.2) is 9.48 Å². The van der Waals surface area contributed by atoms with Crippen LogP contribution in [0.3, 0.4) is 0 Å². The minimum atomic E-state index is -0.628. The van der Waals surface area contributed by atoms with E-state index in [-0.39, 0.29) is 6.61 Å². The minimum Gasteiger partial charge on any atom is -0.452 e. The van der Waals surface area contributed by atoms with Crippen molar-refractivity contribution in [1.29, 1.82) is 0 Å². The van der Waals surface area contributed by atoms with E-state index in [1.807, 2.05) is 55.5 Å². The van der Waals surface area contributed by atoms with Gasteiger partial charge in [0.05, 0.1) is 12.7 Å². The lowest BCUT2D eigenvalue weighted by molar-refractivity contribution is -0.142. The Kier molecular flexibility index (Phi) is 6.30. The second-order valence-corrected chi connectivity index (χ2v) is 6.19. The van der Waals surface area contributed by atoms with Crippen LogP contribution in [0.25, 0.3) is 6.08 Å². The molecule has 0 aliphatic rings. The van der Waals surface area contributed by atoms with Crippen LogP contribution < -0.4 is 5.32 Å². The molecule has 0 spiro atoms. The fraction of sp³-hybridized carbons (Fsp3) is 0.143. The molecule has 0 aliphatic heterocycles. The number of nitrogens with zero attached hydrogens (tertiary/aromatic N) is 3. The molecule has 142 valence electrons. The predicted molar refractivity (Wildman–Crippen MR) is 105 cm³/mol. The summed E-state index contributed by atoms with van der Waals surface area (Å²) in [6.07, 6.45) is 4.44. The van der Waals surface area contributed by atoms with Crippen LogP contribution in [0, 0.1) is 6.92 Å². The minimum absolute atomic E-state index is 0.363. The van der Waals surface area contributed by atoms with Crippen LogP contribution in [0.1, 0.15) is 16.8 Å². The molecule has 0 fully saturated rings. The van der Waals surface area contributed by atoms with E-state index >= 15 is 0 Å². The summed E-state index contributed by atoms with van der Waals surface area (Å²) in [5.41, 5.74) is 3.31. The molecule has 1 amide bonds. The van der Waals surface area contributed by atoms with Crippen molar-refractivity contribution in [2.24, 2.45) is 0 Å². The zero-order valence-corrected chi connectivity index (χ0v) is 15.4. The lowest BCUT2D eigenvalue weighted by Crippen LogP contribution is -2.20. The van der Waals surface area contributed by atoms with Gasteiger partial charge in [-0.3, -0.25) is 4.79 Å². The Hall–Kier alpha value is -3.74. The second kappa shape index (κ2) is 9.27. The maximum absolute atomic E-state index is 11.8. The molecule has 28 heavy (non-hydrogen) atoms. The number of esters is 1. The Bertz CT molecular complexity index is 980. The van der Waals surface area contributed by atoms with Gasteiger partial charge < -0.3 is 10.1 Å². The molecule has 3 rings (SSSR count). The molecule has 7 nitrogen and oxygen atoms in total. The predicted octanol–water partition coefficient (Wildman–Crippen LogP) is 2.83. The van der Waals surface area contributed by atoms with Crippen molar-refractivity contribution in [3.05, 3.63) is 83.7 Å². The fourth-order valence-electron chi connectivity index (χ4n) is 2.50. The van der Waals surface area contributed by atoms with Crippen LogP contribution in [0.2, 0.25) is 0 Å². The number of hydrogen-bond donors (Lipinski definition) is 1. The fourth-order valence-corrected chi connectivity index (χ4v) is 2.50. The molecule has 0 saturated heterocycles. The van der Waals surface area contributed by atoms with Crippen LogP contribution in [0.5, 0.6) is 0 Å². The van der Waals surface area contributed by atoms with Crippen LogP contribution in [0.4, 0.5) is 5.69 Å². The van der Waals surface area contributed by atoms with Crippen molar-refractivity contribution in [2.75, 3.05) is 11.9 Å². The van der Waals surface area contributed by atoms with E-state index in [1.165, 1.54) is 12.2 Å². The smallest absolute Gasteiger partial charge is 0.331 e. The molecule has 0 aliphatic carbocycles. The first-order chi connectivity index (χ1) is 13.6. The first-order valence-corrected chi connectivity index (χ1v) is 8.74. The largest absolute Gasteiger partial charge is 0.452 e. The number of amides is 1. The Labute approximate surface area is 162 Å². The van der Waals surface area contributed by atoms with Gasteiger partial charge in [-0.1, -0.05) is 47.7 Å². The van der Waals surface area contributed by atoms with Gasteiger partial charge in [-0.15, -0.1) is 5.10 Å². The average molecular weight is 376 g/mol. The van der Waals surface area contributed by atoms with Gasteiger partial charge in [0, 0.05) is 11.8 Å². The molecule has 0 saturated carbocycles. The topological polar surface area (TPSA) is 86.1 Å². The van der Waals surface area contributed by atoms with E-state index in [9.17, 15) is 9.59 Å². The van der Waals surface area contributed by atoms with E-state index in [0.717, 1.165) is 11.1 Å². The van der Waals surface area contributed by atoms with Gasteiger partial charge in [0.1, 0.15) is 5.69 Å². The summed E-state index contributed by atoms with van der Waals surface area (Å²) in [5, 5.41) is 10.7. The van der Waals surface area contributed by atoms with Crippen LogP contribution >= 0.6 is 0 Å². The van der Waals surface area contributed by atoms with E-state index in [2.05, 4.69) is 15.6 Å². The Morgan fingerprint density at radius 1 is 1.14 bits per heavy atom. The highest BCUT2D eigenvalue weighted by Crippen LogP contribution is 2.09. The number of benzene rings is 2.